The van der Waals surface area contributed by atoms with E-state index >= 15 is 0 Å². The highest BCUT2D eigenvalue weighted by Crippen LogP contribution is 2.14. The molecule has 3 heterocycles. The quantitative estimate of drug-likeness (QED) is 0.865. The highest BCUT2D eigenvalue weighted by atomic mass is 16.5. The summed E-state index contributed by atoms with van der Waals surface area (Å²) in [4.78, 5) is 32.9. The average molecular weight is 332 g/mol. The van der Waals surface area contributed by atoms with Crippen LogP contribution in [0.2, 0.25) is 0 Å². The van der Waals surface area contributed by atoms with Crippen molar-refractivity contribution in [2.75, 3.05) is 37.7 Å². The summed E-state index contributed by atoms with van der Waals surface area (Å²) in [6.45, 7) is 5.12. The molecule has 3 rings (SSSR count). The van der Waals surface area contributed by atoms with Gasteiger partial charge in [-0.15, -0.1) is 0 Å². The molecule has 0 aromatic carbocycles. The maximum atomic E-state index is 12.5. The van der Waals surface area contributed by atoms with Crippen molar-refractivity contribution in [1.82, 2.24) is 15.2 Å². The van der Waals surface area contributed by atoms with Crippen molar-refractivity contribution in [3.63, 3.8) is 0 Å². The van der Waals surface area contributed by atoms with Gasteiger partial charge in [-0.1, -0.05) is 6.07 Å². The summed E-state index contributed by atoms with van der Waals surface area (Å²) in [6.07, 6.45) is 3.00. The summed E-state index contributed by atoms with van der Waals surface area (Å²) < 4.78 is 5.35. The molecule has 0 bridgehead atoms. The Balaban J connectivity index is 1.48. The molecule has 2 aliphatic rings. The zero-order valence-electron chi connectivity index (χ0n) is 14.0. The van der Waals surface area contributed by atoms with Crippen molar-refractivity contribution in [2.24, 2.45) is 0 Å². The Morgan fingerprint density at radius 2 is 2.08 bits per heavy atom. The molecule has 2 fully saturated rings. The SMILES string of the molecule is CC(NC(=O)C1CCCO1)C(=O)N1CCN(c2ccccn2)CC1. The predicted octanol–water partition coefficient (Wildman–Crippen LogP) is 0.414. The number of nitrogens with zero attached hydrogens (tertiary/aromatic N) is 3. The number of hydrogen-bond acceptors (Lipinski definition) is 5. The number of carbonyl (C=O) groups is 2. The Morgan fingerprint density at radius 3 is 2.71 bits per heavy atom. The fourth-order valence-corrected chi connectivity index (χ4v) is 3.12. The molecule has 1 aromatic heterocycles. The Hall–Kier alpha value is -2.15. The van der Waals surface area contributed by atoms with E-state index in [1.165, 1.54) is 0 Å². The van der Waals surface area contributed by atoms with Gasteiger partial charge in [-0.05, 0) is 31.9 Å². The lowest BCUT2D eigenvalue weighted by Gasteiger charge is -2.36. The summed E-state index contributed by atoms with van der Waals surface area (Å²) in [5.41, 5.74) is 0. The Bertz CT molecular complexity index is 566. The van der Waals surface area contributed by atoms with Crippen LogP contribution in [0.4, 0.5) is 5.82 Å². The van der Waals surface area contributed by atoms with E-state index in [9.17, 15) is 9.59 Å². The molecule has 0 aliphatic carbocycles. The van der Waals surface area contributed by atoms with Crippen LogP contribution in [0.15, 0.2) is 24.4 Å². The predicted molar refractivity (Wildman–Crippen MR) is 89.6 cm³/mol. The maximum absolute atomic E-state index is 12.5. The molecule has 2 atom stereocenters. The number of pyridine rings is 1. The van der Waals surface area contributed by atoms with Gasteiger partial charge in [-0.2, -0.15) is 0 Å². The molecule has 2 aliphatic heterocycles. The highest BCUT2D eigenvalue weighted by Gasteiger charge is 2.29. The molecule has 0 radical (unpaired) electrons. The van der Waals surface area contributed by atoms with Gasteiger partial charge in [0.15, 0.2) is 0 Å². The molecule has 0 spiro atoms. The number of nitrogens with one attached hydrogen (secondary N) is 1. The van der Waals surface area contributed by atoms with Crippen molar-refractivity contribution >= 4 is 17.6 Å². The first-order valence-corrected chi connectivity index (χ1v) is 8.52. The van der Waals surface area contributed by atoms with Crippen LogP contribution in [0.25, 0.3) is 0 Å². The van der Waals surface area contributed by atoms with Gasteiger partial charge in [-0.3, -0.25) is 9.59 Å². The summed E-state index contributed by atoms with van der Waals surface area (Å²) in [6, 6.07) is 5.30. The van der Waals surface area contributed by atoms with Crippen LogP contribution in [-0.2, 0) is 14.3 Å². The van der Waals surface area contributed by atoms with Crippen LogP contribution in [0, 0.1) is 0 Å². The van der Waals surface area contributed by atoms with E-state index in [0.29, 0.717) is 19.7 Å². The Morgan fingerprint density at radius 1 is 1.29 bits per heavy atom. The van der Waals surface area contributed by atoms with Gasteiger partial charge in [-0.25, -0.2) is 4.98 Å². The van der Waals surface area contributed by atoms with E-state index in [0.717, 1.165) is 31.7 Å². The highest BCUT2D eigenvalue weighted by molar-refractivity contribution is 5.89. The first kappa shape index (κ1) is 16.7. The molecule has 0 saturated carbocycles. The van der Waals surface area contributed by atoms with Crippen molar-refractivity contribution in [3.05, 3.63) is 24.4 Å². The van der Waals surface area contributed by atoms with Crippen molar-refractivity contribution in [2.45, 2.75) is 31.9 Å². The second kappa shape index (κ2) is 7.61. The zero-order valence-corrected chi connectivity index (χ0v) is 14.0. The number of rotatable bonds is 4. The smallest absolute Gasteiger partial charge is 0.249 e. The number of hydrogen-bond donors (Lipinski definition) is 1. The second-order valence-electron chi connectivity index (χ2n) is 6.23. The minimum absolute atomic E-state index is 0.0398. The van der Waals surface area contributed by atoms with Crippen LogP contribution < -0.4 is 10.2 Å². The third-order valence-electron chi connectivity index (χ3n) is 4.52. The lowest BCUT2D eigenvalue weighted by atomic mass is 10.2. The summed E-state index contributed by atoms with van der Waals surface area (Å²) in [5, 5.41) is 2.78. The number of amides is 2. The monoisotopic (exact) mass is 332 g/mol. The van der Waals surface area contributed by atoms with Gasteiger partial charge in [0.05, 0.1) is 0 Å². The van der Waals surface area contributed by atoms with Gasteiger partial charge in [0.1, 0.15) is 18.0 Å². The van der Waals surface area contributed by atoms with Gasteiger partial charge in [0, 0.05) is 39.0 Å². The molecular formula is C17H24N4O3. The molecule has 130 valence electrons. The topological polar surface area (TPSA) is 74.8 Å². The minimum Gasteiger partial charge on any atom is -0.368 e. The number of piperazine rings is 1. The largest absolute Gasteiger partial charge is 0.368 e. The normalized spacial score (nSPS) is 22.3. The standard InChI is InChI=1S/C17H24N4O3/c1-13(19-16(22)14-5-4-12-24-14)17(23)21-10-8-20(9-11-21)15-6-2-3-7-18-15/h2-3,6-7,13-14H,4-5,8-12H2,1H3,(H,19,22). The van der Waals surface area contributed by atoms with Gasteiger partial charge in [0.2, 0.25) is 11.8 Å². The van der Waals surface area contributed by atoms with E-state index in [2.05, 4.69) is 15.2 Å². The van der Waals surface area contributed by atoms with Gasteiger partial charge in [0.25, 0.3) is 0 Å². The van der Waals surface area contributed by atoms with Crippen LogP contribution in [-0.4, -0.2) is 66.6 Å². The number of ether oxygens (including phenoxy) is 1. The van der Waals surface area contributed by atoms with E-state index < -0.39 is 12.1 Å². The molecule has 24 heavy (non-hydrogen) atoms. The molecule has 2 amide bonds. The molecule has 2 saturated heterocycles. The fourth-order valence-electron chi connectivity index (χ4n) is 3.12. The van der Waals surface area contributed by atoms with Crippen molar-refractivity contribution < 1.29 is 14.3 Å². The van der Waals surface area contributed by atoms with Gasteiger partial charge >= 0.3 is 0 Å². The zero-order chi connectivity index (χ0) is 16.9. The molecule has 7 nitrogen and oxygen atoms in total. The lowest BCUT2D eigenvalue weighted by Crippen LogP contribution is -2.55. The first-order chi connectivity index (χ1) is 11.6. The van der Waals surface area contributed by atoms with Crippen molar-refractivity contribution in [3.8, 4) is 0 Å². The molecule has 1 aromatic rings. The third kappa shape index (κ3) is 3.84. The van der Waals surface area contributed by atoms with E-state index in [4.69, 9.17) is 4.74 Å². The number of anilines is 1. The lowest BCUT2D eigenvalue weighted by molar-refractivity contribution is -0.139. The summed E-state index contributed by atoms with van der Waals surface area (Å²) in [7, 11) is 0. The fraction of sp³-hybridized carbons (Fsp3) is 0.588. The van der Waals surface area contributed by atoms with Crippen LogP contribution in [0.3, 0.4) is 0 Å². The first-order valence-electron chi connectivity index (χ1n) is 8.52. The molecule has 1 N–H and O–H groups in total. The van der Waals surface area contributed by atoms with Crippen molar-refractivity contribution in [1.29, 1.82) is 0 Å². The summed E-state index contributed by atoms with van der Waals surface area (Å²) in [5.74, 6) is 0.715. The Labute approximate surface area is 142 Å². The third-order valence-corrected chi connectivity index (χ3v) is 4.52. The summed E-state index contributed by atoms with van der Waals surface area (Å²) >= 11 is 0. The van der Waals surface area contributed by atoms with Gasteiger partial charge < -0.3 is 19.9 Å². The number of carbonyl (C=O) groups excluding carboxylic acids is 2. The molecular weight excluding hydrogens is 308 g/mol. The van der Waals surface area contributed by atoms with Crippen LogP contribution >= 0.6 is 0 Å². The average Bonchev–Trinajstić information content (AvgIpc) is 3.17. The molecule has 2 unspecified atom stereocenters. The second-order valence-corrected chi connectivity index (χ2v) is 6.23. The minimum atomic E-state index is -0.525. The van der Waals surface area contributed by atoms with E-state index in [1.54, 1.807) is 18.0 Å². The number of aromatic nitrogens is 1. The van der Waals surface area contributed by atoms with E-state index in [-0.39, 0.29) is 11.8 Å². The maximum Gasteiger partial charge on any atom is 0.249 e. The Kier molecular flexibility index (Phi) is 5.30. The van der Waals surface area contributed by atoms with Crippen LogP contribution in [0.1, 0.15) is 19.8 Å². The van der Waals surface area contributed by atoms with Crippen LogP contribution in [0.5, 0.6) is 0 Å². The van der Waals surface area contributed by atoms with E-state index in [1.807, 2.05) is 18.2 Å². The molecule has 7 heteroatoms.